The molecular weight excluding hydrogens is 320 g/mol. The number of benzene rings is 2. The Hall–Kier alpha value is -2.10. The van der Waals surface area contributed by atoms with Crippen LogP contribution in [0, 0.1) is 5.92 Å². The summed E-state index contributed by atoms with van der Waals surface area (Å²) in [5, 5.41) is 14.8. The van der Waals surface area contributed by atoms with Crippen molar-refractivity contribution in [3.63, 3.8) is 0 Å². The smallest absolute Gasteiger partial charge is 0.139 e. The van der Waals surface area contributed by atoms with Crippen LogP contribution in [0.1, 0.15) is 25.0 Å². The van der Waals surface area contributed by atoms with Gasteiger partial charge >= 0.3 is 0 Å². The van der Waals surface area contributed by atoms with Crippen molar-refractivity contribution in [3.05, 3.63) is 70.9 Å². The van der Waals surface area contributed by atoms with E-state index in [0.717, 1.165) is 23.4 Å². The average molecular weight is 341 g/mol. The maximum absolute atomic E-state index is 9.76. The van der Waals surface area contributed by atoms with Gasteiger partial charge in [0.2, 0.25) is 0 Å². The standard InChI is InChI=1S/C20H21ClN2O/c1-14(2)12-15-8-10-16(11-9-15)19-18(13-24)20(21)23(22-19)17-6-4-3-5-7-17/h3-11,14,24H,12-13H2,1-2H3. The second-order valence-electron chi connectivity index (χ2n) is 6.32. The number of rotatable bonds is 5. The Morgan fingerprint density at radius 3 is 2.29 bits per heavy atom. The molecule has 2 aromatic carbocycles. The summed E-state index contributed by atoms with van der Waals surface area (Å²) in [7, 11) is 0. The molecule has 0 fully saturated rings. The van der Waals surface area contributed by atoms with Gasteiger partial charge in [-0.05, 0) is 30.0 Å². The largest absolute Gasteiger partial charge is 0.391 e. The van der Waals surface area contributed by atoms with Gasteiger partial charge in [0.25, 0.3) is 0 Å². The monoisotopic (exact) mass is 340 g/mol. The van der Waals surface area contributed by atoms with Gasteiger partial charge in [-0.25, -0.2) is 4.68 Å². The molecule has 0 unspecified atom stereocenters. The van der Waals surface area contributed by atoms with Gasteiger partial charge in [-0.15, -0.1) is 0 Å². The second-order valence-corrected chi connectivity index (χ2v) is 6.68. The Bertz CT molecular complexity index is 808. The number of hydrogen-bond donors (Lipinski definition) is 1. The second kappa shape index (κ2) is 7.20. The van der Waals surface area contributed by atoms with Crippen LogP contribution in [0.25, 0.3) is 16.9 Å². The van der Waals surface area contributed by atoms with E-state index in [1.807, 2.05) is 42.5 Å². The van der Waals surface area contributed by atoms with Gasteiger partial charge in [0, 0.05) is 11.1 Å². The minimum absolute atomic E-state index is 0.144. The first-order valence-corrected chi connectivity index (χ1v) is 8.51. The highest BCUT2D eigenvalue weighted by Gasteiger charge is 2.18. The number of aromatic nitrogens is 2. The van der Waals surface area contributed by atoms with Crippen LogP contribution in [0.5, 0.6) is 0 Å². The third-order valence-electron chi connectivity index (χ3n) is 3.95. The molecule has 0 aliphatic rings. The van der Waals surface area contributed by atoms with Crippen molar-refractivity contribution in [1.29, 1.82) is 0 Å². The van der Waals surface area contributed by atoms with Crippen molar-refractivity contribution in [2.45, 2.75) is 26.9 Å². The fraction of sp³-hybridized carbons (Fsp3) is 0.250. The molecule has 1 aromatic heterocycles. The van der Waals surface area contributed by atoms with Crippen LogP contribution in [0.15, 0.2) is 54.6 Å². The Balaban J connectivity index is 2.02. The van der Waals surface area contributed by atoms with Crippen molar-refractivity contribution < 1.29 is 5.11 Å². The molecular formula is C20H21ClN2O. The molecule has 3 aromatic rings. The highest BCUT2D eigenvalue weighted by atomic mass is 35.5. The van der Waals surface area contributed by atoms with E-state index in [1.165, 1.54) is 5.56 Å². The van der Waals surface area contributed by atoms with Crippen LogP contribution in [-0.4, -0.2) is 14.9 Å². The summed E-state index contributed by atoms with van der Waals surface area (Å²) >= 11 is 6.45. The third kappa shape index (κ3) is 3.37. The molecule has 3 rings (SSSR count). The maximum Gasteiger partial charge on any atom is 0.139 e. The fourth-order valence-electron chi connectivity index (χ4n) is 2.81. The number of aliphatic hydroxyl groups excluding tert-OH is 1. The molecule has 124 valence electrons. The van der Waals surface area contributed by atoms with Crippen molar-refractivity contribution in [3.8, 4) is 16.9 Å². The number of halogens is 1. The summed E-state index contributed by atoms with van der Waals surface area (Å²) in [5.74, 6) is 0.621. The minimum Gasteiger partial charge on any atom is -0.391 e. The first-order chi connectivity index (χ1) is 11.6. The van der Waals surface area contributed by atoms with Crippen molar-refractivity contribution >= 4 is 11.6 Å². The Morgan fingerprint density at radius 1 is 1.04 bits per heavy atom. The Kier molecular flexibility index (Phi) is 5.03. The van der Waals surface area contributed by atoms with Crippen LogP contribution >= 0.6 is 11.6 Å². The van der Waals surface area contributed by atoms with E-state index < -0.39 is 0 Å². The summed E-state index contributed by atoms with van der Waals surface area (Å²) < 4.78 is 1.67. The molecule has 3 nitrogen and oxygen atoms in total. The van der Waals surface area contributed by atoms with Crippen LogP contribution in [-0.2, 0) is 13.0 Å². The lowest BCUT2D eigenvalue weighted by Crippen LogP contribution is -1.96. The zero-order valence-electron chi connectivity index (χ0n) is 13.9. The Labute approximate surface area is 147 Å². The third-order valence-corrected chi connectivity index (χ3v) is 4.34. The summed E-state index contributed by atoms with van der Waals surface area (Å²) in [5.41, 5.74) is 4.51. The van der Waals surface area contributed by atoms with Crippen molar-refractivity contribution in [2.24, 2.45) is 5.92 Å². The first-order valence-electron chi connectivity index (χ1n) is 8.13. The predicted molar refractivity (Wildman–Crippen MR) is 98.5 cm³/mol. The molecule has 0 radical (unpaired) electrons. The molecule has 0 spiro atoms. The van der Waals surface area contributed by atoms with Gasteiger partial charge in [-0.1, -0.05) is 67.9 Å². The van der Waals surface area contributed by atoms with E-state index in [9.17, 15) is 5.11 Å². The van der Waals surface area contributed by atoms with Gasteiger partial charge in [-0.3, -0.25) is 0 Å². The zero-order chi connectivity index (χ0) is 17.1. The van der Waals surface area contributed by atoms with Crippen molar-refractivity contribution in [1.82, 2.24) is 9.78 Å². The SMILES string of the molecule is CC(C)Cc1ccc(-c2nn(-c3ccccc3)c(Cl)c2CO)cc1. The van der Waals surface area contributed by atoms with Gasteiger partial charge in [0.05, 0.1) is 18.0 Å². The minimum atomic E-state index is -0.144. The number of nitrogens with zero attached hydrogens (tertiary/aromatic N) is 2. The average Bonchev–Trinajstić information content (AvgIpc) is 2.92. The molecule has 1 N–H and O–H groups in total. The lowest BCUT2D eigenvalue weighted by molar-refractivity contribution is 0.282. The molecule has 0 atom stereocenters. The van der Waals surface area contributed by atoms with Gasteiger partial charge in [-0.2, -0.15) is 5.10 Å². The van der Waals surface area contributed by atoms with Gasteiger partial charge < -0.3 is 5.11 Å². The number of hydrogen-bond acceptors (Lipinski definition) is 2. The summed E-state index contributed by atoms with van der Waals surface area (Å²) in [4.78, 5) is 0. The number of aliphatic hydroxyl groups is 1. The van der Waals surface area contributed by atoms with E-state index in [4.69, 9.17) is 11.6 Å². The molecule has 0 aliphatic heterocycles. The molecule has 0 bridgehead atoms. The van der Waals surface area contributed by atoms with Crippen LogP contribution in [0.4, 0.5) is 0 Å². The highest BCUT2D eigenvalue weighted by Crippen LogP contribution is 2.31. The molecule has 24 heavy (non-hydrogen) atoms. The summed E-state index contributed by atoms with van der Waals surface area (Å²) in [6.07, 6.45) is 1.05. The lowest BCUT2D eigenvalue weighted by Gasteiger charge is -2.06. The summed E-state index contributed by atoms with van der Waals surface area (Å²) in [6.45, 7) is 4.27. The molecule has 0 amide bonds. The quantitative estimate of drug-likeness (QED) is 0.718. The van der Waals surface area contributed by atoms with E-state index in [-0.39, 0.29) is 6.61 Å². The maximum atomic E-state index is 9.76. The summed E-state index contributed by atoms with van der Waals surface area (Å²) in [6, 6.07) is 18.0. The van der Waals surface area contributed by atoms with Crippen LogP contribution in [0.3, 0.4) is 0 Å². The van der Waals surface area contributed by atoms with Crippen LogP contribution < -0.4 is 0 Å². The normalized spacial score (nSPS) is 11.2. The zero-order valence-corrected chi connectivity index (χ0v) is 14.7. The van der Waals surface area contributed by atoms with Crippen LogP contribution in [0.2, 0.25) is 5.15 Å². The molecule has 1 heterocycles. The van der Waals surface area contributed by atoms with Gasteiger partial charge in [0.1, 0.15) is 5.15 Å². The van der Waals surface area contributed by atoms with E-state index in [1.54, 1.807) is 4.68 Å². The van der Waals surface area contributed by atoms with E-state index >= 15 is 0 Å². The fourth-order valence-corrected chi connectivity index (χ4v) is 3.10. The van der Waals surface area contributed by atoms with E-state index in [0.29, 0.717) is 16.6 Å². The molecule has 4 heteroatoms. The predicted octanol–water partition coefficient (Wildman–Crippen LogP) is 4.88. The first kappa shape index (κ1) is 16.7. The molecule has 0 saturated carbocycles. The van der Waals surface area contributed by atoms with Crippen molar-refractivity contribution in [2.75, 3.05) is 0 Å². The Morgan fingerprint density at radius 2 is 1.71 bits per heavy atom. The molecule has 0 aliphatic carbocycles. The topological polar surface area (TPSA) is 38.0 Å². The van der Waals surface area contributed by atoms with Gasteiger partial charge in [0.15, 0.2) is 0 Å². The van der Waals surface area contributed by atoms with E-state index in [2.05, 4.69) is 31.1 Å². The number of para-hydroxylation sites is 1. The highest BCUT2D eigenvalue weighted by molar-refractivity contribution is 6.31. The molecule has 0 saturated heterocycles. The lowest BCUT2D eigenvalue weighted by atomic mass is 10.0.